The van der Waals surface area contributed by atoms with E-state index in [1.54, 1.807) is 24.4 Å². The maximum absolute atomic E-state index is 12.3. The molecule has 1 N–H and O–H groups in total. The number of esters is 2. The highest BCUT2D eigenvalue weighted by Crippen LogP contribution is 2.08. The minimum Gasteiger partial charge on any atom is -0.464 e. The summed E-state index contributed by atoms with van der Waals surface area (Å²) in [7, 11) is 0. The second-order valence-electron chi connectivity index (χ2n) is 5.01. The Morgan fingerprint density at radius 3 is 2.42 bits per heavy atom. The molecule has 1 amide bonds. The molecule has 0 aliphatic rings. The number of imidazole rings is 1. The maximum Gasteiger partial charge on any atom is 0.340 e. The number of carbonyl (C=O) groups is 3. The Balaban J connectivity index is 2.21. The molecule has 8 heteroatoms. The topological polar surface area (TPSA) is 99.0 Å². The Labute approximate surface area is 138 Å². The summed E-state index contributed by atoms with van der Waals surface area (Å²) in [5, 5.41) is 2.31. The molecule has 0 fully saturated rings. The highest BCUT2D eigenvalue weighted by molar-refractivity contribution is 6.05. The summed E-state index contributed by atoms with van der Waals surface area (Å²) in [6.07, 6.45) is 3.28. The van der Waals surface area contributed by atoms with E-state index < -0.39 is 23.9 Å². The predicted molar refractivity (Wildman–Crippen MR) is 84.4 cm³/mol. The number of amides is 1. The lowest BCUT2D eigenvalue weighted by Crippen LogP contribution is -2.48. The van der Waals surface area contributed by atoms with E-state index in [0.29, 0.717) is 5.65 Å². The van der Waals surface area contributed by atoms with Crippen molar-refractivity contribution in [2.24, 2.45) is 0 Å². The maximum atomic E-state index is 12.3. The quantitative estimate of drug-likeness (QED) is 0.622. The molecular weight excluding hydrogens is 314 g/mol. The van der Waals surface area contributed by atoms with Crippen LogP contribution in [0.5, 0.6) is 0 Å². The Morgan fingerprint density at radius 2 is 1.83 bits per heavy atom. The largest absolute Gasteiger partial charge is 0.464 e. The van der Waals surface area contributed by atoms with Gasteiger partial charge in [-0.1, -0.05) is 0 Å². The Bertz CT molecular complexity index is 750. The van der Waals surface area contributed by atoms with Crippen molar-refractivity contribution < 1.29 is 23.9 Å². The number of ether oxygens (including phenoxy) is 2. The van der Waals surface area contributed by atoms with Crippen LogP contribution in [0.2, 0.25) is 0 Å². The number of pyridine rings is 1. The molecule has 2 aromatic heterocycles. The van der Waals surface area contributed by atoms with E-state index in [2.05, 4.69) is 10.3 Å². The first-order valence-corrected chi connectivity index (χ1v) is 7.55. The van der Waals surface area contributed by atoms with Gasteiger partial charge in [0.05, 0.1) is 13.2 Å². The molecule has 2 rings (SSSR count). The van der Waals surface area contributed by atoms with Crippen molar-refractivity contribution in [3.05, 3.63) is 35.8 Å². The highest BCUT2D eigenvalue weighted by atomic mass is 16.6. The number of carbonyl (C=O) groups excluding carboxylic acids is 3. The van der Waals surface area contributed by atoms with Crippen LogP contribution < -0.4 is 5.32 Å². The molecule has 0 spiro atoms. The molecule has 0 saturated carbocycles. The standard InChI is InChI=1S/C16H19N3O5/c1-4-23-15(21)13(16(22)24-5-2)18-14(20)11-9-19-7-6-10(3)8-12(19)17-11/h6-9,13H,4-5H2,1-3H3,(H,18,20). The van der Waals surface area contributed by atoms with Crippen molar-refractivity contribution in [1.29, 1.82) is 0 Å². The van der Waals surface area contributed by atoms with E-state index in [1.165, 1.54) is 6.20 Å². The van der Waals surface area contributed by atoms with Gasteiger partial charge in [0.25, 0.3) is 5.91 Å². The summed E-state index contributed by atoms with van der Waals surface area (Å²) in [6.45, 7) is 5.28. The summed E-state index contributed by atoms with van der Waals surface area (Å²) in [5.74, 6) is -2.41. The molecule has 2 heterocycles. The van der Waals surface area contributed by atoms with Gasteiger partial charge in [-0.2, -0.15) is 0 Å². The molecule has 24 heavy (non-hydrogen) atoms. The molecule has 0 radical (unpaired) electrons. The Hall–Kier alpha value is -2.90. The number of aromatic nitrogens is 2. The van der Waals surface area contributed by atoms with Crippen LogP contribution in [0.1, 0.15) is 29.9 Å². The van der Waals surface area contributed by atoms with Crippen molar-refractivity contribution in [2.75, 3.05) is 13.2 Å². The monoisotopic (exact) mass is 333 g/mol. The lowest BCUT2D eigenvalue weighted by atomic mass is 10.3. The predicted octanol–water partition coefficient (Wildman–Crippen LogP) is 0.867. The van der Waals surface area contributed by atoms with Gasteiger partial charge in [0.15, 0.2) is 0 Å². The summed E-state index contributed by atoms with van der Waals surface area (Å²) < 4.78 is 11.3. The van der Waals surface area contributed by atoms with E-state index in [1.807, 2.05) is 19.1 Å². The van der Waals surface area contributed by atoms with Gasteiger partial charge in [0.1, 0.15) is 11.3 Å². The SMILES string of the molecule is CCOC(=O)C(NC(=O)c1cn2ccc(C)cc2n1)C(=O)OCC. The molecule has 0 bridgehead atoms. The summed E-state index contributed by atoms with van der Waals surface area (Å²) in [4.78, 5) is 40.3. The minimum atomic E-state index is -1.52. The van der Waals surface area contributed by atoms with Crippen molar-refractivity contribution >= 4 is 23.5 Å². The number of nitrogens with zero attached hydrogens (tertiary/aromatic N) is 2. The van der Waals surface area contributed by atoms with E-state index in [0.717, 1.165) is 5.56 Å². The molecule has 8 nitrogen and oxygen atoms in total. The first kappa shape index (κ1) is 17.5. The molecule has 2 aromatic rings. The Morgan fingerprint density at radius 1 is 1.21 bits per heavy atom. The summed E-state index contributed by atoms with van der Waals surface area (Å²) in [5.41, 5.74) is 1.67. The van der Waals surface area contributed by atoms with Crippen molar-refractivity contribution in [3.63, 3.8) is 0 Å². The third-order valence-electron chi connectivity index (χ3n) is 3.17. The van der Waals surface area contributed by atoms with Crippen LogP contribution in [0.3, 0.4) is 0 Å². The van der Waals surface area contributed by atoms with Crippen molar-refractivity contribution in [1.82, 2.24) is 14.7 Å². The second kappa shape index (κ2) is 7.58. The molecule has 0 unspecified atom stereocenters. The van der Waals surface area contributed by atoms with E-state index >= 15 is 0 Å². The van der Waals surface area contributed by atoms with Gasteiger partial charge in [-0.25, -0.2) is 14.6 Å². The normalized spacial score (nSPS) is 10.7. The number of hydrogen-bond acceptors (Lipinski definition) is 6. The molecule has 0 atom stereocenters. The fourth-order valence-corrected chi connectivity index (χ4v) is 2.06. The molecule has 0 aliphatic heterocycles. The number of nitrogens with one attached hydrogen (secondary N) is 1. The zero-order valence-electron chi connectivity index (χ0n) is 13.7. The van der Waals surface area contributed by atoms with Crippen LogP contribution >= 0.6 is 0 Å². The van der Waals surface area contributed by atoms with E-state index in [9.17, 15) is 14.4 Å². The first-order valence-electron chi connectivity index (χ1n) is 7.55. The molecular formula is C16H19N3O5. The molecule has 0 aliphatic carbocycles. The number of aryl methyl sites for hydroxylation is 1. The Kier molecular flexibility index (Phi) is 5.51. The fourth-order valence-electron chi connectivity index (χ4n) is 2.06. The lowest BCUT2D eigenvalue weighted by Gasteiger charge is -2.15. The zero-order chi connectivity index (χ0) is 17.7. The fraction of sp³-hybridized carbons (Fsp3) is 0.375. The zero-order valence-corrected chi connectivity index (χ0v) is 13.7. The van der Waals surface area contributed by atoms with E-state index in [4.69, 9.17) is 9.47 Å². The third-order valence-corrected chi connectivity index (χ3v) is 3.17. The van der Waals surface area contributed by atoms with Crippen LogP contribution in [-0.2, 0) is 19.1 Å². The molecule has 0 saturated heterocycles. The first-order chi connectivity index (χ1) is 11.5. The third kappa shape index (κ3) is 3.89. The minimum absolute atomic E-state index is 0.0816. The number of fused-ring (bicyclic) bond motifs is 1. The van der Waals surface area contributed by atoms with Gasteiger partial charge in [0, 0.05) is 12.4 Å². The van der Waals surface area contributed by atoms with Crippen LogP contribution in [0.15, 0.2) is 24.5 Å². The second-order valence-corrected chi connectivity index (χ2v) is 5.01. The lowest BCUT2D eigenvalue weighted by molar-refractivity contribution is -0.157. The summed E-state index contributed by atoms with van der Waals surface area (Å²) in [6, 6.07) is 2.16. The van der Waals surface area contributed by atoms with Gasteiger partial charge >= 0.3 is 11.9 Å². The van der Waals surface area contributed by atoms with Crippen LogP contribution in [0, 0.1) is 6.92 Å². The van der Waals surface area contributed by atoms with Gasteiger partial charge in [-0.3, -0.25) is 4.79 Å². The van der Waals surface area contributed by atoms with Crippen LogP contribution in [0.4, 0.5) is 0 Å². The van der Waals surface area contributed by atoms with E-state index in [-0.39, 0.29) is 18.9 Å². The average molecular weight is 333 g/mol. The van der Waals surface area contributed by atoms with Crippen molar-refractivity contribution in [3.8, 4) is 0 Å². The van der Waals surface area contributed by atoms with Crippen LogP contribution in [-0.4, -0.2) is 46.5 Å². The number of rotatable bonds is 6. The smallest absolute Gasteiger partial charge is 0.340 e. The molecule has 0 aromatic carbocycles. The van der Waals surface area contributed by atoms with Crippen LogP contribution in [0.25, 0.3) is 5.65 Å². The number of hydrogen-bond donors (Lipinski definition) is 1. The van der Waals surface area contributed by atoms with Gasteiger partial charge in [0.2, 0.25) is 6.04 Å². The van der Waals surface area contributed by atoms with Gasteiger partial charge in [-0.15, -0.1) is 0 Å². The van der Waals surface area contributed by atoms with Gasteiger partial charge < -0.3 is 19.2 Å². The van der Waals surface area contributed by atoms with Gasteiger partial charge in [-0.05, 0) is 38.5 Å². The summed E-state index contributed by atoms with van der Waals surface area (Å²) >= 11 is 0. The highest BCUT2D eigenvalue weighted by Gasteiger charge is 2.32. The average Bonchev–Trinajstić information content (AvgIpc) is 2.95. The molecule has 128 valence electrons. The van der Waals surface area contributed by atoms with Crippen molar-refractivity contribution in [2.45, 2.75) is 26.8 Å².